The minimum Gasteiger partial charge on any atom is -0.296 e. The molecule has 1 heterocycles. The van der Waals surface area contributed by atoms with Crippen molar-refractivity contribution in [1.29, 1.82) is 0 Å². The van der Waals surface area contributed by atoms with Crippen LogP contribution < -0.4 is 0 Å². The summed E-state index contributed by atoms with van der Waals surface area (Å²) < 4.78 is 2.00. The zero-order valence-corrected chi connectivity index (χ0v) is 13.4. The van der Waals surface area contributed by atoms with Crippen LogP contribution in [0.3, 0.4) is 0 Å². The number of hydrogen-bond acceptors (Lipinski definition) is 1. The molecule has 106 valence electrons. The Labute approximate surface area is 137 Å². The first-order chi connectivity index (χ1) is 10.1. The lowest BCUT2D eigenvalue weighted by molar-refractivity contribution is 1.01. The van der Waals surface area contributed by atoms with Crippen LogP contribution in [-0.4, -0.2) is 9.55 Å². The first-order valence-corrected chi connectivity index (χ1v) is 7.45. The fraction of sp³-hybridized carbons (Fsp3) is 0.0625. The molecule has 0 bridgehead atoms. The van der Waals surface area contributed by atoms with Crippen molar-refractivity contribution in [2.24, 2.45) is 0 Å². The summed E-state index contributed by atoms with van der Waals surface area (Å²) in [6, 6.07) is 13.0. The van der Waals surface area contributed by atoms with Gasteiger partial charge in [-0.1, -0.05) is 34.8 Å². The van der Waals surface area contributed by atoms with Gasteiger partial charge in [0.15, 0.2) is 0 Å². The highest BCUT2D eigenvalue weighted by Crippen LogP contribution is 2.30. The van der Waals surface area contributed by atoms with Gasteiger partial charge in [0.2, 0.25) is 0 Å². The van der Waals surface area contributed by atoms with Gasteiger partial charge in [0.1, 0.15) is 5.82 Å². The highest BCUT2D eigenvalue weighted by Gasteiger charge is 2.13. The Bertz CT molecular complexity index is 792. The molecule has 0 saturated carbocycles. The number of nitrogens with zero attached hydrogens (tertiary/aromatic N) is 2. The van der Waals surface area contributed by atoms with Crippen LogP contribution in [0, 0.1) is 6.92 Å². The first kappa shape index (κ1) is 14.5. The van der Waals surface area contributed by atoms with Crippen molar-refractivity contribution >= 4 is 34.8 Å². The Morgan fingerprint density at radius 1 is 0.905 bits per heavy atom. The zero-order valence-electron chi connectivity index (χ0n) is 11.1. The Hall–Kier alpha value is -1.48. The van der Waals surface area contributed by atoms with Gasteiger partial charge in [0.25, 0.3) is 0 Å². The number of halogens is 3. The average molecular weight is 338 g/mol. The van der Waals surface area contributed by atoms with Crippen LogP contribution in [0.1, 0.15) is 5.69 Å². The highest BCUT2D eigenvalue weighted by atomic mass is 35.5. The SMILES string of the molecule is Cc1cnc(-c2ccc(Cl)cc2)n1-c1ccc(Cl)cc1Cl. The standard InChI is InChI=1S/C16H11Cl3N2/c1-10-9-20-16(11-2-4-12(17)5-3-11)21(10)15-7-6-13(18)8-14(15)19/h2-9H,1H3. The van der Waals surface area contributed by atoms with E-state index < -0.39 is 0 Å². The fourth-order valence-electron chi connectivity index (χ4n) is 2.21. The summed E-state index contributed by atoms with van der Waals surface area (Å²) in [4.78, 5) is 4.48. The van der Waals surface area contributed by atoms with E-state index in [4.69, 9.17) is 34.8 Å². The molecule has 1 aromatic heterocycles. The second-order valence-corrected chi connectivity index (χ2v) is 5.94. The topological polar surface area (TPSA) is 17.8 Å². The van der Waals surface area contributed by atoms with Crippen molar-refractivity contribution in [2.75, 3.05) is 0 Å². The molecule has 0 N–H and O–H groups in total. The van der Waals surface area contributed by atoms with E-state index in [9.17, 15) is 0 Å². The van der Waals surface area contributed by atoms with Crippen LogP contribution in [0.15, 0.2) is 48.7 Å². The summed E-state index contributed by atoms with van der Waals surface area (Å²) in [5.74, 6) is 0.813. The van der Waals surface area contributed by atoms with Crippen molar-refractivity contribution in [3.05, 3.63) is 69.4 Å². The Morgan fingerprint density at radius 3 is 2.24 bits per heavy atom. The summed E-state index contributed by atoms with van der Waals surface area (Å²) in [5, 5.41) is 1.88. The summed E-state index contributed by atoms with van der Waals surface area (Å²) in [6.45, 7) is 1.98. The minimum absolute atomic E-state index is 0.582. The molecule has 0 spiro atoms. The molecule has 21 heavy (non-hydrogen) atoms. The van der Waals surface area contributed by atoms with E-state index >= 15 is 0 Å². The molecule has 0 amide bonds. The van der Waals surface area contributed by atoms with Crippen LogP contribution in [0.5, 0.6) is 0 Å². The van der Waals surface area contributed by atoms with Gasteiger partial charge < -0.3 is 0 Å². The first-order valence-electron chi connectivity index (χ1n) is 6.32. The van der Waals surface area contributed by atoms with Gasteiger partial charge in [-0.25, -0.2) is 4.98 Å². The third-order valence-corrected chi connectivity index (χ3v) is 3.98. The smallest absolute Gasteiger partial charge is 0.144 e. The van der Waals surface area contributed by atoms with Gasteiger partial charge in [-0.05, 0) is 49.4 Å². The predicted octanol–water partition coefficient (Wildman–Crippen LogP) is 5.81. The molecule has 3 rings (SSSR count). The van der Waals surface area contributed by atoms with Gasteiger partial charge in [0.05, 0.1) is 10.7 Å². The summed E-state index contributed by atoms with van der Waals surface area (Å²) in [6.07, 6.45) is 1.81. The van der Waals surface area contributed by atoms with Crippen molar-refractivity contribution < 1.29 is 0 Å². The number of rotatable bonds is 2. The molecule has 0 aliphatic carbocycles. The van der Waals surface area contributed by atoms with E-state index in [1.807, 2.05) is 54.1 Å². The van der Waals surface area contributed by atoms with Crippen LogP contribution in [0.25, 0.3) is 17.1 Å². The number of benzene rings is 2. The lowest BCUT2D eigenvalue weighted by atomic mass is 10.2. The van der Waals surface area contributed by atoms with Crippen LogP contribution in [0.4, 0.5) is 0 Å². The van der Waals surface area contributed by atoms with Gasteiger partial charge in [-0.2, -0.15) is 0 Å². The number of imidazole rings is 1. The molecule has 2 nitrogen and oxygen atoms in total. The maximum Gasteiger partial charge on any atom is 0.144 e. The molecule has 2 aromatic carbocycles. The second-order valence-electron chi connectivity index (χ2n) is 4.66. The van der Waals surface area contributed by atoms with E-state index in [-0.39, 0.29) is 0 Å². The lowest BCUT2D eigenvalue weighted by Gasteiger charge is -2.12. The second kappa shape index (κ2) is 5.72. The van der Waals surface area contributed by atoms with E-state index in [2.05, 4.69) is 4.98 Å². The maximum absolute atomic E-state index is 6.32. The molecular formula is C16H11Cl3N2. The molecule has 0 unspecified atom stereocenters. The predicted molar refractivity (Wildman–Crippen MR) is 88.8 cm³/mol. The largest absolute Gasteiger partial charge is 0.296 e. The normalized spacial score (nSPS) is 10.9. The Balaban J connectivity index is 2.19. The average Bonchev–Trinajstić information content (AvgIpc) is 2.82. The molecule has 3 aromatic rings. The molecular weight excluding hydrogens is 327 g/mol. The molecule has 0 saturated heterocycles. The lowest BCUT2D eigenvalue weighted by Crippen LogP contribution is -2.00. The molecule has 0 aliphatic rings. The summed E-state index contributed by atoms with van der Waals surface area (Å²) in [5.41, 5.74) is 2.81. The molecule has 0 radical (unpaired) electrons. The van der Waals surface area contributed by atoms with Gasteiger partial charge in [-0.15, -0.1) is 0 Å². The van der Waals surface area contributed by atoms with Crippen molar-refractivity contribution in [3.8, 4) is 17.1 Å². The monoisotopic (exact) mass is 336 g/mol. The van der Waals surface area contributed by atoms with Gasteiger partial charge in [0, 0.05) is 27.5 Å². The van der Waals surface area contributed by atoms with Crippen LogP contribution in [-0.2, 0) is 0 Å². The zero-order chi connectivity index (χ0) is 15.0. The third kappa shape index (κ3) is 2.80. The van der Waals surface area contributed by atoms with Crippen molar-refractivity contribution in [3.63, 3.8) is 0 Å². The van der Waals surface area contributed by atoms with Crippen molar-refractivity contribution in [1.82, 2.24) is 9.55 Å². The van der Waals surface area contributed by atoms with E-state index in [0.29, 0.717) is 15.1 Å². The Kier molecular flexibility index (Phi) is 3.94. The number of aryl methyl sites for hydroxylation is 1. The van der Waals surface area contributed by atoms with Gasteiger partial charge >= 0.3 is 0 Å². The van der Waals surface area contributed by atoms with Crippen LogP contribution >= 0.6 is 34.8 Å². The van der Waals surface area contributed by atoms with Crippen molar-refractivity contribution in [2.45, 2.75) is 6.92 Å². The quantitative estimate of drug-likeness (QED) is 0.577. The van der Waals surface area contributed by atoms with Crippen LogP contribution in [0.2, 0.25) is 15.1 Å². The van der Waals surface area contributed by atoms with E-state index in [0.717, 1.165) is 22.8 Å². The minimum atomic E-state index is 0.582. The molecule has 0 aliphatic heterocycles. The Morgan fingerprint density at radius 2 is 1.57 bits per heavy atom. The van der Waals surface area contributed by atoms with Gasteiger partial charge in [-0.3, -0.25) is 4.57 Å². The molecule has 0 atom stereocenters. The fourth-order valence-corrected chi connectivity index (χ4v) is 2.83. The molecule has 5 heteroatoms. The number of hydrogen-bond donors (Lipinski definition) is 0. The molecule has 0 fully saturated rings. The summed E-state index contributed by atoms with van der Waals surface area (Å²) in [7, 11) is 0. The maximum atomic E-state index is 6.32. The number of aromatic nitrogens is 2. The van der Waals surface area contributed by atoms with E-state index in [1.54, 1.807) is 6.07 Å². The van der Waals surface area contributed by atoms with E-state index in [1.165, 1.54) is 0 Å². The highest BCUT2D eigenvalue weighted by molar-refractivity contribution is 6.35. The third-order valence-electron chi connectivity index (χ3n) is 3.19. The summed E-state index contributed by atoms with van der Waals surface area (Å²) >= 11 is 18.2.